The topological polar surface area (TPSA) is 65.1 Å². The highest BCUT2D eigenvalue weighted by molar-refractivity contribution is 6.32. The number of piperazine rings is 1. The normalized spacial score (nSPS) is 18.2. The van der Waals surface area contributed by atoms with E-state index in [1.165, 1.54) is 0 Å². The van der Waals surface area contributed by atoms with Crippen LogP contribution in [0.1, 0.15) is 24.4 Å². The Labute approximate surface area is 200 Å². The molecule has 2 aliphatic rings. The number of rotatable bonds is 7. The third-order valence-corrected chi connectivity index (χ3v) is 6.67. The number of likely N-dealkylation sites (tertiary alicyclic amines) is 1. The predicted octanol–water partition coefficient (Wildman–Crippen LogP) is 3.27. The van der Waals surface area contributed by atoms with Crippen LogP contribution in [0.3, 0.4) is 0 Å². The summed E-state index contributed by atoms with van der Waals surface area (Å²) in [5.41, 5.74) is 1.57. The van der Waals surface area contributed by atoms with Gasteiger partial charge in [0.2, 0.25) is 11.8 Å². The molecule has 7 nitrogen and oxygen atoms in total. The summed E-state index contributed by atoms with van der Waals surface area (Å²) in [7, 11) is 1.56. The van der Waals surface area contributed by atoms with E-state index in [1.54, 1.807) is 25.3 Å². The van der Waals surface area contributed by atoms with Crippen LogP contribution >= 0.6 is 11.6 Å². The number of anilines is 1. The standard InChI is InChI=1S/C25H31ClN4O3/c1-33-22-10-9-20(17-21(22)26)27-25(32)24(19-7-3-2-4-8-19)30-15-13-28(14-16-30)18-23(31)29-11-5-6-12-29/h2-4,7-10,17,24H,5-6,11-16,18H2,1H3,(H,27,32). The molecule has 176 valence electrons. The van der Waals surface area contributed by atoms with Gasteiger partial charge in [-0.15, -0.1) is 0 Å². The SMILES string of the molecule is COc1ccc(NC(=O)C(c2ccccc2)N2CCN(CC(=O)N3CCCC3)CC2)cc1Cl. The van der Waals surface area contributed by atoms with Gasteiger partial charge in [-0.25, -0.2) is 0 Å². The van der Waals surface area contributed by atoms with E-state index in [0.717, 1.165) is 44.6 Å². The molecule has 0 bridgehead atoms. The summed E-state index contributed by atoms with van der Waals surface area (Å²) in [6.07, 6.45) is 2.21. The zero-order chi connectivity index (χ0) is 23.2. The minimum Gasteiger partial charge on any atom is -0.495 e. The van der Waals surface area contributed by atoms with Crippen molar-refractivity contribution in [2.45, 2.75) is 18.9 Å². The highest BCUT2D eigenvalue weighted by atomic mass is 35.5. The van der Waals surface area contributed by atoms with E-state index < -0.39 is 6.04 Å². The molecule has 2 amide bonds. The van der Waals surface area contributed by atoms with Gasteiger partial charge in [0, 0.05) is 45.0 Å². The monoisotopic (exact) mass is 470 g/mol. The van der Waals surface area contributed by atoms with Crippen LogP contribution in [0.4, 0.5) is 5.69 Å². The maximum atomic E-state index is 13.4. The van der Waals surface area contributed by atoms with E-state index in [0.29, 0.717) is 36.1 Å². The number of nitrogens with zero attached hydrogens (tertiary/aromatic N) is 3. The van der Waals surface area contributed by atoms with Gasteiger partial charge in [-0.3, -0.25) is 19.4 Å². The number of halogens is 1. The van der Waals surface area contributed by atoms with Crippen LogP contribution in [-0.4, -0.2) is 79.4 Å². The first kappa shape index (κ1) is 23.5. The Bertz CT molecular complexity index is 957. The number of carbonyl (C=O) groups excluding carboxylic acids is 2. The number of methoxy groups -OCH3 is 1. The number of benzene rings is 2. The molecule has 2 aromatic carbocycles. The Morgan fingerprint density at radius 1 is 1.00 bits per heavy atom. The van der Waals surface area contributed by atoms with E-state index in [2.05, 4.69) is 15.1 Å². The Balaban J connectivity index is 1.42. The molecular weight excluding hydrogens is 440 g/mol. The van der Waals surface area contributed by atoms with E-state index in [9.17, 15) is 9.59 Å². The highest BCUT2D eigenvalue weighted by Gasteiger charge is 2.31. The third-order valence-electron chi connectivity index (χ3n) is 6.37. The summed E-state index contributed by atoms with van der Waals surface area (Å²) in [5, 5.41) is 3.46. The molecule has 0 aliphatic carbocycles. The molecule has 0 saturated carbocycles. The van der Waals surface area contributed by atoms with Gasteiger partial charge in [0.05, 0.1) is 18.7 Å². The molecule has 2 aromatic rings. The second kappa shape index (κ2) is 11.0. The first-order chi connectivity index (χ1) is 16.0. The smallest absolute Gasteiger partial charge is 0.246 e. The maximum absolute atomic E-state index is 13.4. The van der Waals surface area contributed by atoms with Crippen LogP contribution in [-0.2, 0) is 9.59 Å². The van der Waals surface area contributed by atoms with Crippen molar-refractivity contribution in [2.24, 2.45) is 0 Å². The van der Waals surface area contributed by atoms with Crippen molar-refractivity contribution in [1.29, 1.82) is 0 Å². The summed E-state index contributed by atoms with van der Waals surface area (Å²) in [6, 6.07) is 14.6. The van der Waals surface area contributed by atoms with Crippen LogP contribution < -0.4 is 10.1 Å². The lowest BCUT2D eigenvalue weighted by Gasteiger charge is -2.39. The molecule has 2 aliphatic heterocycles. The molecule has 1 unspecified atom stereocenters. The van der Waals surface area contributed by atoms with Gasteiger partial charge in [0.15, 0.2) is 0 Å². The van der Waals surface area contributed by atoms with E-state index in [-0.39, 0.29) is 11.8 Å². The number of ether oxygens (including phenoxy) is 1. The molecule has 33 heavy (non-hydrogen) atoms. The number of hydrogen-bond acceptors (Lipinski definition) is 5. The molecule has 4 rings (SSSR count). The lowest BCUT2D eigenvalue weighted by atomic mass is 10.0. The average molecular weight is 471 g/mol. The molecule has 0 aromatic heterocycles. The van der Waals surface area contributed by atoms with Gasteiger partial charge in [0.1, 0.15) is 11.8 Å². The first-order valence-corrected chi connectivity index (χ1v) is 11.9. The second-order valence-corrected chi connectivity index (χ2v) is 8.96. The van der Waals surface area contributed by atoms with Crippen molar-refractivity contribution >= 4 is 29.1 Å². The summed E-state index contributed by atoms with van der Waals surface area (Å²) < 4.78 is 5.20. The van der Waals surface area contributed by atoms with Gasteiger partial charge in [-0.2, -0.15) is 0 Å². The van der Waals surface area contributed by atoms with Crippen molar-refractivity contribution in [1.82, 2.24) is 14.7 Å². The maximum Gasteiger partial charge on any atom is 0.246 e. The van der Waals surface area contributed by atoms with Gasteiger partial charge in [-0.05, 0) is 36.6 Å². The fourth-order valence-corrected chi connectivity index (χ4v) is 4.81. The van der Waals surface area contributed by atoms with E-state index in [1.807, 2.05) is 35.2 Å². The predicted molar refractivity (Wildman–Crippen MR) is 130 cm³/mol. The van der Waals surface area contributed by atoms with Crippen molar-refractivity contribution < 1.29 is 14.3 Å². The Morgan fingerprint density at radius 3 is 2.33 bits per heavy atom. The highest BCUT2D eigenvalue weighted by Crippen LogP contribution is 2.29. The number of hydrogen-bond donors (Lipinski definition) is 1. The quantitative estimate of drug-likeness (QED) is 0.672. The molecule has 1 N–H and O–H groups in total. The molecule has 8 heteroatoms. The zero-order valence-electron chi connectivity index (χ0n) is 19.0. The van der Waals surface area contributed by atoms with Crippen LogP contribution in [0.15, 0.2) is 48.5 Å². The van der Waals surface area contributed by atoms with Crippen molar-refractivity contribution in [3.05, 3.63) is 59.1 Å². The van der Waals surface area contributed by atoms with Gasteiger partial charge < -0.3 is 15.0 Å². The minimum atomic E-state index is -0.427. The average Bonchev–Trinajstić information content (AvgIpc) is 3.37. The second-order valence-electron chi connectivity index (χ2n) is 8.55. The molecule has 2 saturated heterocycles. The number of amides is 2. The van der Waals surface area contributed by atoms with Gasteiger partial charge >= 0.3 is 0 Å². The molecule has 0 radical (unpaired) electrons. The number of carbonyl (C=O) groups is 2. The first-order valence-electron chi connectivity index (χ1n) is 11.5. The lowest BCUT2D eigenvalue weighted by Crippen LogP contribution is -2.52. The fourth-order valence-electron chi connectivity index (χ4n) is 4.56. The Hall–Kier alpha value is -2.61. The van der Waals surface area contributed by atoms with Gasteiger partial charge in [0.25, 0.3) is 0 Å². The lowest BCUT2D eigenvalue weighted by molar-refractivity contribution is -0.132. The summed E-state index contributed by atoms with van der Waals surface area (Å²) >= 11 is 6.24. The van der Waals surface area contributed by atoms with E-state index in [4.69, 9.17) is 16.3 Å². The van der Waals surface area contributed by atoms with Crippen molar-refractivity contribution in [3.8, 4) is 5.75 Å². The van der Waals surface area contributed by atoms with E-state index >= 15 is 0 Å². The van der Waals surface area contributed by atoms with Gasteiger partial charge in [-0.1, -0.05) is 41.9 Å². The minimum absolute atomic E-state index is 0.107. The third kappa shape index (κ3) is 5.85. The zero-order valence-corrected chi connectivity index (χ0v) is 19.8. The summed E-state index contributed by atoms with van der Waals surface area (Å²) in [6.45, 7) is 5.15. The fraction of sp³-hybridized carbons (Fsp3) is 0.440. The molecule has 1 atom stereocenters. The Kier molecular flexibility index (Phi) is 7.85. The molecular formula is C25H31ClN4O3. The summed E-state index contributed by atoms with van der Waals surface area (Å²) in [5.74, 6) is 0.674. The largest absolute Gasteiger partial charge is 0.495 e. The van der Waals surface area contributed by atoms with Crippen LogP contribution in [0.25, 0.3) is 0 Å². The molecule has 0 spiro atoms. The van der Waals surface area contributed by atoms with Crippen molar-refractivity contribution in [3.63, 3.8) is 0 Å². The van der Waals surface area contributed by atoms with Crippen LogP contribution in [0.5, 0.6) is 5.75 Å². The molecule has 2 fully saturated rings. The van der Waals surface area contributed by atoms with Crippen molar-refractivity contribution in [2.75, 3.05) is 58.2 Å². The van der Waals surface area contributed by atoms with Crippen LogP contribution in [0.2, 0.25) is 5.02 Å². The number of nitrogens with one attached hydrogen (secondary N) is 1. The Morgan fingerprint density at radius 2 is 1.70 bits per heavy atom. The van der Waals surface area contributed by atoms with Crippen LogP contribution in [0, 0.1) is 0 Å². The summed E-state index contributed by atoms with van der Waals surface area (Å²) in [4.78, 5) is 32.3. The molecule has 2 heterocycles.